The summed E-state index contributed by atoms with van der Waals surface area (Å²) in [6.45, 7) is 1.36. The third-order valence-electron chi connectivity index (χ3n) is 3.65. The second-order valence-corrected chi connectivity index (χ2v) is 4.77. The van der Waals surface area contributed by atoms with Gasteiger partial charge in [-0.2, -0.15) is 13.2 Å². The molecule has 2 atom stereocenters. The van der Waals surface area contributed by atoms with Crippen LogP contribution < -0.4 is 10.6 Å². The molecular formula is C12H12F4N2. The van der Waals surface area contributed by atoms with E-state index in [1.807, 2.05) is 0 Å². The van der Waals surface area contributed by atoms with Crippen molar-refractivity contribution in [1.29, 1.82) is 0 Å². The van der Waals surface area contributed by atoms with E-state index in [2.05, 4.69) is 10.6 Å². The second-order valence-electron chi connectivity index (χ2n) is 4.77. The van der Waals surface area contributed by atoms with Gasteiger partial charge in [0.15, 0.2) is 0 Å². The van der Waals surface area contributed by atoms with E-state index in [1.54, 1.807) is 0 Å². The van der Waals surface area contributed by atoms with E-state index in [0.717, 1.165) is 13.0 Å². The predicted molar refractivity (Wildman–Crippen MR) is 59.0 cm³/mol. The van der Waals surface area contributed by atoms with Crippen molar-refractivity contribution in [2.75, 3.05) is 18.4 Å². The van der Waals surface area contributed by atoms with E-state index in [4.69, 9.17) is 0 Å². The fourth-order valence-corrected chi connectivity index (χ4v) is 2.85. The Kier molecular flexibility index (Phi) is 2.52. The van der Waals surface area contributed by atoms with E-state index >= 15 is 0 Å². The lowest BCUT2D eigenvalue weighted by Crippen LogP contribution is -2.38. The Balaban J connectivity index is 2.11. The van der Waals surface area contributed by atoms with Crippen LogP contribution in [0, 0.1) is 5.82 Å². The highest BCUT2D eigenvalue weighted by Crippen LogP contribution is 2.45. The molecule has 2 nitrogen and oxygen atoms in total. The van der Waals surface area contributed by atoms with Crippen LogP contribution in [0.15, 0.2) is 12.1 Å². The molecule has 2 heterocycles. The monoisotopic (exact) mass is 260 g/mol. The largest absolute Gasteiger partial charge is 0.418 e. The van der Waals surface area contributed by atoms with Crippen molar-refractivity contribution in [3.63, 3.8) is 0 Å². The molecule has 98 valence electrons. The van der Waals surface area contributed by atoms with Gasteiger partial charge in [-0.15, -0.1) is 0 Å². The lowest BCUT2D eigenvalue weighted by atomic mass is 9.90. The molecule has 1 saturated heterocycles. The molecule has 18 heavy (non-hydrogen) atoms. The number of alkyl halides is 3. The minimum atomic E-state index is -4.53. The van der Waals surface area contributed by atoms with Gasteiger partial charge in [-0.3, -0.25) is 0 Å². The summed E-state index contributed by atoms with van der Waals surface area (Å²) < 4.78 is 52.0. The zero-order valence-corrected chi connectivity index (χ0v) is 9.44. The fraction of sp³-hybridized carbons (Fsp3) is 0.500. The number of piperidine rings is 1. The van der Waals surface area contributed by atoms with Crippen molar-refractivity contribution in [1.82, 2.24) is 5.32 Å². The van der Waals surface area contributed by atoms with E-state index in [0.29, 0.717) is 18.2 Å². The quantitative estimate of drug-likeness (QED) is 0.701. The molecule has 0 aromatic heterocycles. The molecule has 3 rings (SSSR count). The maximum absolute atomic E-state index is 13.4. The van der Waals surface area contributed by atoms with Gasteiger partial charge in [-0.25, -0.2) is 4.39 Å². The highest BCUT2D eigenvalue weighted by molar-refractivity contribution is 5.66. The Labute approximate surface area is 101 Å². The van der Waals surface area contributed by atoms with Crippen LogP contribution in [-0.4, -0.2) is 19.1 Å². The Bertz CT molecular complexity index is 484. The zero-order valence-electron chi connectivity index (χ0n) is 9.44. The number of hydrogen-bond acceptors (Lipinski definition) is 2. The van der Waals surface area contributed by atoms with Gasteiger partial charge in [0.1, 0.15) is 5.82 Å². The van der Waals surface area contributed by atoms with Crippen molar-refractivity contribution in [3.8, 4) is 0 Å². The SMILES string of the molecule is Fc1cc2c(c(C(F)(F)F)c1)NC1CCNCC21. The molecule has 0 amide bonds. The van der Waals surface area contributed by atoms with Gasteiger partial charge in [0.05, 0.1) is 11.3 Å². The average molecular weight is 260 g/mol. The molecule has 0 aliphatic carbocycles. The Morgan fingerprint density at radius 3 is 2.72 bits per heavy atom. The molecule has 0 saturated carbocycles. The molecule has 2 aliphatic heterocycles. The van der Waals surface area contributed by atoms with Crippen LogP contribution in [0.25, 0.3) is 0 Å². The van der Waals surface area contributed by atoms with Crippen molar-refractivity contribution in [3.05, 3.63) is 29.1 Å². The normalized spacial score (nSPS) is 26.4. The minimum absolute atomic E-state index is 0.0239. The highest BCUT2D eigenvalue weighted by atomic mass is 19.4. The van der Waals surface area contributed by atoms with E-state index in [9.17, 15) is 17.6 Å². The Morgan fingerprint density at radius 1 is 1.22 bits per heavy atom. The van der Waals surface area contributed by atoms with Crippen LogP contribution in [0.4, 0.5) is 23.2 Å². The van der Waals surface area contributed by atoms with Crippen LogP contribution in [0.2, 0.25) is 0 Å². The first kappa shape index (κ1) is 11.8. The zero-order chi connectivity index (χ0) is 12.9. The molecule has 1 fully saturated rings. The van der Waals surface area contributed by atoms with E-state index < -0.39 is 17.6 Å². The summed E-state index contributed by atoms with van der Waals surface area (Å²) >= 11 is 0. The van der Waals surface area contributed by atoms with Crippen molar-refractivity contribution >= 4 is 5.69 Å². The van der Waals surface area contributed by atoms with Crippen LogP contribution in [0.3, 0.4) is 0 Å². The molecular weight excluding hydrogens is 248 g/mol. The summed E-state index contributed by atoms with van der Waals surface area (Å²) in [5.41, 5.74) is -0.394. The van der Waals surface area contributed by atoms with Gasteiger partial charge in [0.25, 0.3) is 0 Å². The molecule has 0 spiro atoms. The molecule has 0 bridgehead atoms. The Morgan fingerprint density at radius 2 is 2.00 bits per heavy atom. The number of anilines is 1. The van der Waals surface area contributed by atoms with Gasteiger partial charge in [-0.05, 0) is 30.7 Å². The van der Waals surface area contributed by atoms with Gasteiger partial charge in [0, 0.05) is 18.5 Å². The van der Waals surface area contributed by atoms with Crippen LogP contribution >= 0.6 is 0 Å². The fourth-order valence-electron chi connectivity index (χ4n) is 2.85. The van der Waals surface area contributed by atoms with Gasteiger partial charge >= 0.3 is 6.18 Å². The lowest BCUT2D eigenvalue weighted by Gasteiger charge is -2.26. The smallest absolute Gasteiger partial charge is 0.381 e. The van der Waals surface area contributed by atoms with E-state index in [1.165, 1.54) is 6.07 Å². The average Bonchev–Trinajstić information content (AvgIpc) is 2.65. The van der Waals surface area contributed by atoms with Crippen molar-refractivity contribution in [2.24, 2.45) is 0 Å². The molecule has 2 N–H and O–H groups in total. The molecule has 1 aromatic carbocycles. The van der Waals surface area contributed by atoms with Gasteiger partial charge in [0.2, 0.25) is 0 Å². The molecule has 1 aromatic rings. The maximum Gasteiger partial charge on any atom is 0.418 e. The second kappa shape index (κ2) is 3.85. The first-order valence-corrected chi connectivity index (χ1v) is 5.84. The summed E-state index contributed by atoms with van der Waals surface area (Å²) in [5, 5.41) is 6.04. The molecule has 2 aliphatic rings. The maximum atomic E-state index is 13.4. The number of hydrogen-bond donors (Lipinski definition) is 2. The predicted octanol–water partition coefficient (Wildman–Crippen LogP) is 2.72. The van der Waals surface area contributed by atoms with Crippen LogP contribution in [-0.2, 0) is 6.18 Å². The number of fused-ring (bicyclic) bond motifs is 3. The topological polar surface area (TPSA) is 24.1 Å². The number of nitrogens with one attached hydrogen (secondary N) is 2. The number of benzene rings is 1. The van der Waals surface area contributed by atoms with Crippen LogP contribution in [0.5, 0.6) is 0 Å². The van der Waals surface area contributed by atoms with Gasteiger partial charge in [-0.1, -0.05) is 0 Å². The lowest BCUT2D eigenvalue weighted by molar-refractivity contribution is -0.137. The highest BCUT2D eigenvalue weighted by Gasteiger charge is 2.42. The third-order valence-corrected chi connectivity index (χ3v) is 3.65. The molecule has 6 heteroatoms. The summed E-state index contributed by atoms with van der Waals surface area (Å²) in [6, 6.07) is 1.76. The van der Waals surface area contributed by atoms with Crippen LogP contribution in [0.1, 0.15) is 23.5 Å². The summed E-state index contributed by atoms with van der Waals surface area (Å²) in [7, 11) is 0. The first-order chi connectivity index (χ1) is 8.47. The summed E-state index contributed by atoms with van der Waals surface area (Å²) in [5.74, 6) is -0.903. The minimum Gasteiger partial charge on any atom is -0.381 e. The molecule has 0 radical (unpaired) electrons. The van der Waals surface area contributed by atoms with Gasteiger partial charge < -0.3 is 10.6 Å². The number of rotatable bonds is 0. The first-order valence-electron chi connectivity index (χ1n) is 5.84. The molecule has 2 unspecified atom stereocenters. The van der Waals surface area contributed by atoms with E-state index in [-0.39, 0.29) is 17.6 Å². The number of halogens is 4. The van der Waals surface area contributed by atoms with Crippen molar-refractivity contribution in [2.45, 2.75) is 24.6 Å². The van der Waals surface area contributed by atoms with Crippen molar-refractivity contribution < 1.29 is 17.6 Å². The summed E-state index contributed by atoms with van der Waals surface area (Å²) in [4.78, 5) is 0. The third kappa shape index (κ3) is 1.75. The Hall–Kier alpha value is -1.30. The summed E-state index contributed by atoms with van der Waals surface area (Å²) in [6.07, 6.45) is -3.78. The standard InChI is InChI=1S/C12H12F4N2/c13-6-3-7-8-5-17-2-1-10(8)18-11(7)9(4-6)12(14,15)16/h3-4,8,10,17-18H,1-2,5H2.